The number of fused-ring (bicyclic) bond motifs is 3. The second-order valence-corrected chi connectivity index (χ2v) is 9.59. The predicted molar refractivity (Wildman–Crippen MR) is 143 cm³/mol. The second kappa shape index (κ2) is 8.21. The molecule has 6 rings (SSSR count). The third-order valence-electron chi connectivity index (χ3n) is 6.83. The Balaban J connectivity index is 1.52. The van der Waals surface area contributed by atoms with Gasteiger partial charge in [-0.15, -0.1) is 0 Å². The molecule has 3 heteroatoms. The van der Waals surface area contributed by atoms with Crippen LogP contribution in [-0.2, 0) is 5.41 Å². The normalized spacial score (nSPS) is 11.9. The van der Waals surface area contributed by atoms with Gasteiger partial charge in [-0.1, -0.05) is 74.5 Å². The molecule has 0 aliphatic carbocycles. The molecule has 0 bridgehead atoms. The summed E-state index contributed by atoms with van der Waals surface area (Å²) in [5, 5.41) is 2.17. The summed E-state index contributed by atoms with van der Waals surface area (Å²) in [6.07, 6.45) is 1.88. The molecule has 0 amide bonds. The van der Waals surface area contributed by atoms with Crippen LogP contribution < -0.4 is 0 Å². The van der Waals surface area contributed by atoms with Gasteiger partial charge in [-0.25, -0.2) is 0 Å². The summed E-state index contributed by atoms with van der Waals surface area (Å²) < 4.78 is 6.45. The Morgan fingerprint density at radius 1 is 0.686 bits per heavy atom. The molecule has 3 aromatic heterocycles. The van der Waals surface area contributed by atoms with Gasteiger partial charge in [0.2, 0.25) is 0 Å². The molecule has 3 aromatic carbocycles. The van der Waals surface area contributed by atoms with Gasteiger partial charge in [-0.3, -0.25) is 9.97 Å². The van der Waals surface area contributed by atoms with Gasteiger partial charge in [0.15, 0.2) is 5.58 Å². The maximum Gasteiger partial charge on any atom is 0.157 e. The molecule has 0 aliphatic heterocycles. The zero-order chi connectivity index (χ0) is 24.0. The second-order valence-electron chi connectivity index (χ2n) is 9.59. The first kappa shape index (κ1) is 21.3. The summed E-state index contributed by atoms with van der Waals surface area (Å²) >= 11 is 0. The quantitative estimate of drug-likeness (QED) is 0.269. The van der Waals surface area contributed by atoms with Crippen molar-refractivity contribution in [2.45, 2.75) is 26.2 Å². The average Bonchev–Trinajstić information content (AvgIpc) is 3.27. The molecule has 0 N–H and O–H groups in total. The highest BCUT2D eigenvalue weighted by Gasteiger charge is 2.29. The summed E-state index contributed by atoms with van der Waals surface area (Å²) in [6, 6.07) is 33.6. The van der Waals surface area contributed by atoms with E-state index >= 15 is 0 Å². The van der Waals surface area contributed by atoms with Gasteiger partial charge in [0.05, 0.1) is 11.4 Å². The first-order valence-electron chi connectivity index (χ1n) is 11.9. The molecule has 0 atom stereocenters. The molecule has 0 saturated carbocycles. The van der Waals surface area contributed by atoms with Crippen molar-refractivity contribution in [3.05, 3.63) is 120 Å². The minimum Gasteiger partial charge on any atom is -0.454 e. The fourth-order valence-corrected chi connectivity index (χ4v) is 4.88. The van der Waals surface area contributed by atoms with E-state index in [0.717, 1.165) is 50.1 Å². The number of aryl methyl sites for hydroxylation is 1. The van der Waals surface area contributed by atoms with Gasteiger partial charge in [-0.05, 0) is 60.0 Å². The van der Waals surface area contributed by atoms with E-state index in [-0.39, 0.29) is 5.41 Å². The zero-order valence-corrected chi connectivity index (χ0v) is 20.1. The monoisotopic (exact) mass is 454 g/mol. The van der Waals surface area contributed by atoms with Gasteiger partial charge < -0.3 is 4.42 Å². The highest BCUT2D eigenvalue weighted by molar-refractivity contribution is 6.07. The van der Waals surface area contributed by atoms with Gasteiger partial charge in [0, 0.05) is 33.6 Å². The van der Waals surface area contributed by atoms with Gasteiger partial charge >= 0.3 is 0 Å². The van der Waals surface area contributed by atoms with Crippen LogP contribution in [0.1, 0.15) is 30.8 Å². The van der Waals surface area contributed by atoms with Crippen molar-refractivity contribution in [1.82, 2.24) is 9.97 Å². The van der Waals surface area contributed by atoms with E-state index in [4.69, 9.17) is 9.40 Å². The van der Waals surface area contributed by atoms with Crippen LogP contribution in [0.4, 0.5) is 0 Å². The van der Waals surface area contributed by atoms with Gasteiger partial charge in [0.1, 0.15) is 5.58 Å². The Hall–Kier alpha value is -4.24. The Kier molecular flexibility index (Phi) is 5.00. The Morgan fingerprint density at radius 2 is 1.43 bits per heavy atom. The summed E-state index contributed by atoms with van der Waals surface area (Å²) in [4.78, 5) is 9.64. The summed E-state index contributed by atoms with van der Waals surface area (Å²) in [5.41, 5.74) is 8.91. The molecule has 0 aliphatic rings. The Morgan fingerprint density at radius 3 is 2.20 bits per heavy atom. The van der Waals surface area contributed by atoms with Crippen molar-refractivity contribution in [1.29, 1.82) is 0 Å². The van der Waals surface area contributed by atoms with E-state index in [1.54, 1.807) is 0 Å². The Labute approximate surface area is 205 Å². The summed E-state index contributed by atoms with van der Waals surface area (Å²) in [7, 11) is 0. The molecule has 0 saturated heterocycles. The molecule has 3 heterocycles. The smallest absolute Gasteiger partial charge is 0.157 e. The van der Waals surface area contributed by atoms with Crippen molar-refractivity contribution in [3.63, 3.8) is 0 Å². The highest BCUT2D eigenvalue weighted by atomic mass is 16.3. The van der Waals surface area contributed by atoms with Crippen LogP contribution in [-0.4, -0.2) is 9.97 Å². The molecule has 3 nitrogen and oxygen atoms in total. The lowest BCUT2D eigenvalue weighted by Crippen LogP contribution is -2.21. The van der Waals surface area contributed by atoms with E-state index in [0.29, 0.717) is 0 Å². The molecule has 35 heavy (non-hydrogen) atoms. The molecule has 0 unspecified atom stereocenters. The largest absolute Gasteiger partial charge is 0.454 e. The molecule has 0 spiro atoms. The number of nitrogens with zero attached hydrogens (tertiary/aromatic N) is 2. The fourth-order valence-electron chi connectivity index (χ4n) is 4.88. The highest BCUT2D eigenvalue weighted by Crippen LogP contribution is 2.40. The topological polar surface area (TPSA) is 38.9 Å². The Bertz CT molecular complexity index is 1660. The third-order valence-corrected chi connectivity index (χ3v) is 6.83. The number of hydrogen-bond donors (Lipinski definition) is 0. The minimum atomic E-state index is -0.298. The standard InChI is InChI=1S/C32H26N2O/c1-21-18-27-26-19-24(28-20-23(16-17-33-28)22-10-6-4-7-11-22)14-15-29(26)35-30(27)31(34-21)32(2,3)25-12-8-5-9-13-25/h4-20H,1-3H3. The van der Waals surface area contributed by atoms with Crippen molar-refractivity contribution < 1.29 is 4.42 Å². The van der Waals surface area contributed by atoms with E-state index in [1.807, 2.05) is 18.3 Å². The van der Waals surface area contributed by atoms with Crippen LogP contribution in [0.5, 0.6) is 0 Å². The van der Waals surface area contributed by atoms with Crippen molar-refractivity contribution in [2.75, 3.05) is 0 Å². The van der Waals surface area contributed by atoms with Crippen LogP contribution in [0.15, 0.2) is 108 Å². The first-order valence-corrected chi connectivity index (χ1v) is 11.9. The molecule has 0 fully saturated rings. The number of pyridine rings is 2. The van der Waals surface area contributed by atoms with Crippen LogP contribution in [0.25, 0.3) is 44.3 Å². The lowest BCUT2D eigenvalue weighted by atomic mass is 9.80. The molecule has 6 aromatic rings. The SMILES string of the molecule is Cc1cc2c(oc3ccc(-c4cc(-c5ccccc5)ccn4)cc32)c(C(C)(C)c2ccccc2)n1. The number of rotatable bonds is 4. The number of aromatic nitrogens is 2. The molecule has 170 valence electrons. The number of furan rings is 1. The van der Waals surface area contributed by atoms with Crippen molar-refractivity contribution >= 4 is 21.9 Å². The number of hydrogen-bond acceptors (Lipinski definition) is 3. The van der Waals surface area contributed by atoms with Gasteiger partial charge in [0.25, 0.3) is 0 Å². The van der Waals surface area contributed by atoms with E-state index in [1.165, 1.54) is 11.1 Å². The van der Waals surface area contributed by atoms with E-state index in [9.17, 15) is 0 Å². The lowest BCUT2D eigenvalue weighted by molar-refractivity contribution is 0.587. The minimum absolute atomic E-state index is 0.298. The number of benzene rings is 3. The van der Waals surface area contributed by atoms with Crippen LogP contribution in [0, 0.1) is 6.92 Å². The maximum atomic E-state index is 6.45. The average molecular weight is 455 g/mol. The van der Waals surface area contributed by atoms with Crippen LogP contribution in [0.3, 0.4) is 0 Å². The molecular formula is C32H26N2O. The van der Waals surface area contributed by atoms with Gasteiger partial charge in [-0.2, -0.15) is 0 Å². The summed E-state index contributed by atoms with van der Waals surface area (Å²) in [5.74, 6) is 0. The first-order chi connectivity index (χ1) is 17.0. The lowest BCUT2D eigenvalue weighted by Gasteiger charge is -2.25. The van der Waals surface area contributed by atoms with Crippen molar-refractivity contribution in [2.24, 2.45) is 0 Å². The zero-order valence-electron chi connectivity index (χ0n) is 20.1. The fraction of sp³-hybridized carbons (Fsp3) is 0.125. The predicted octanol–water partition coefficient (Wildman–Crippen LogP) is 8.34. The van der Waals surface area contributed by atoms with Crippen LogP contribution in [0.2, 0.25) is 0 Å². The van der Waals surface area contributed by atoms with E-state index in [2.05, 4.69) is 111 Å². The third kappa shape index (κ3) is 3.70. The van der Waals surface area contributed by atoms with Crippen molar-refractivity contribution in [3.8, 4) is 22.4 Å². The maximum absolute atomic E-state index is 6.45. The van der Waals surface area contributed by atoms with E-state index < -0.39 is 0 Å². The summed E-state index contributed by atoms with van der Waals surface area (Å²) in [6.45, 7) is 6.47. The molecular weight excluding hydrogens is 428 g/mol. The van der Waals surface area contributed by atoms with Crippen LogP contribution >= 0.6 is 0 Å². The molecule has 0 radical (unpaired) electrons.